The van der Waals surface area contributed by atoms with Crippen LogP contribution in [0.2, 0.25) is 5.02 Å². The molecule has 0 aliphatic carbocycles. The lowest BCUT2D eigenvalue weighted by Gasteiger charge is -2.36. The van der Waals surface area contributed by atoms with E-state index < -0.39 is 0 Å². The topological polar surface area (TPSA) is 35.2 Å². The van der Waals surface area contributed by atoms with E-state index >= 15 is 0 Å². The Morgan fingerprint density at radius 2 is 1.81 bits per heavy atom. The first-order valence-corrected chi connectivity index (χ1v) is 9.39. The second-order valence-electron chi connectivity index (χ2n) is 6.82. The van der Waals surface area contributed by atoms with Crippen LogP contribution in [0, 0.1) is 6.92 Å². The molecule has 2 heterocycles. The minimum Gasteiger partial charge on any atom is -0.369 e. The van der Waals surface area contributed by atoms with Crippen molar-refractivity contribution in [3.05, 3.63) is 71.0 Å². The van der Waals surface area contributed by atoms with E-state index in [2.05, 4.69) is 51.0 Å². The zero-order chi connectivity index (χ0) is 17.9. The number of anilines is 1. The molecule has 2 aromatic carbocycles. The molecule has 1 saturated heterocycles. The molecular formula is C21H23ClN4. The van der Waals surface area contributed by atoms with Crippen LogP contribution in [-0.4, -0.2) is 41.0 Å². The average molecular weight is 367 g/mol. The molecule has 4 rings (SSSR count). The van der Waals surface area contributed by atoms with Crippen LogP contribution >= 0.6 is 11.6 Å². The number of aromatic nitrogens is 2. The number of aryl methyl sites for hydroxylation is 1. The van der Waals surface area contributed by atoms with Crippen LogP contribution in [0.4, 0.5) is 5.69 Å². The number of H-pyrrole nitrogens is 1. The van der Waals surface area contributed by atoms with Crippen LogP contribution in [0.1, 0.15) is 11.3 Å². The van der Waals surface area contributed by atoms with E-state index in [1.807, 2.05) is 30.5 Å². The lowest BCUT2D eigenvalue weighted by molar-refractivity contribution is 0.247. The molecule has 3 aromatic rings. The molecule has 134 valence electrons. The number of halogens is 1. The summed E-state index contributed by atoms with van der Waals surface area (Å²) in [5.74, 6) is 0.939. The van der Waals surface area contributed by atoms with E-state index in [-0.39, 0.29) is 0 Å². The van der Waals surface area contributed by atoms with Gasteiger partial charge in [0.15, 0.2) is 0 Å². The van der Waals surface area contributed by atoms with Crippen LogP contribution < -0.4 is 4.90 Å². The summed E-state index contributed by atoms with van der Waals surface area (Å²) < 4.78 is 0. The highest BCUT2D eigenvalue weighted by atomic mass is 35.5. The molecule has 26 heavy (non-hydrogen) atoms. The average Bonchev–Trinajstić information content (AvgIpc) is 3.14. The zero-order valence-electron chi connectivity index (χ0n) is 15.0. The van der Waals surface area contributed by atoms with Gasteiger partial charge in [-0.25, -0.2) is 4.98 Å². The van der Waals surface area contributed by atoms with E-state index in [0.717, 1.165) is 54.8 Å². The number of nitrogens with one attached hydrogen (secondary N) is 1. The van der Waals surface area contributed by atoms with Gasteiger partial charge in [0, 0.05) is 60.9 Å². The van der Waals surface area contributed by atoms with Crippen LogP contribution in [-0.2, 0) is 6.54 Å². The molecule has 1 aliphatic heterocycles. The Morgan fingerprint density at radius 3 is 2.58 bits per heavy atom. The van der Waals surface area contributed by atoms with Gasteiger partial charge in [0.2, 0.25) is 0 Å². The third-order valence-corrected chi connectivity index (χ3v) is 5.19. The first-order valence-electron chi connectivity index (χ1n) is 9.02. The Hall–Kier alpha value is -2.30. The maximum absolute atomic E-state index is 6.18. The van der Waals surface area contributed by atoms with Crippen molar-refractivity contribution in [2.75, 3.05) is 31.1 Å². The molecule has 0 unspecified atom stereocenters. The van der Waals surface area contributed by atoms with Gasteiger partial charge in [0.25, 0.3) is 0 Å². The minimum absolute atomic E-state index is 0.805. The van der Waals surface area contributed by atoms with E-state index in [0.29, 0.717) is 0 Å². The predicted molar refractivity (Wildman–Crippen MR) is 108 cm³/mol. The summed E-state index contributed by atoms with van der Waals surface area (Å²) >= 11 is 6.18. The zero-order valence-corrected chi connectivity index (χ0v) is 15.7. The number of hydrogen-bond donors (Lipinski definition) is 1. The van der Waals surface area contributed by atoms with Crippen LogP contribution in [0.3, 0.4) is 0 Å². The molecule has 0 saturated carbocycles. The summed E-state index contributed by atoms with van der Waals surface area (Å²) in [4.78, 5) is 12.9. The van der Waals surface area contributed by atoms with Crippen molar-refractivity contribution in [3.63, 3.8) is 0 Å². The fourth-order valence-corrected chi connectivity index (χ4v) is 3.66. The van der Waals surface area contributed by atoms with Crippen LogP contribution in [0.15, 0.2) is 54.7 Å². The summed E-state index contributed by atoms with van der Waals surface area (Å²) in [6.45, 7) is 7.15. The number of imidazole rings is 1. The predicted octanol–water partition coefficient (Wildman–Crippen LogP) is 4.36. The van der Waals surface area contributed by atoms with E-state index in [4.69, 9.17) is 11.6 Å². The maximum atomic E-state index is 6.18. The van der Waals surface area contributed by atoms with Crippen LogP contribution in [0.5, 0.6) is 0 Å². The fraction of sp³-hybridized carbons (Fsp3) is 0.286. The van der Waals surface area contributed by atoms with E-state index in [9.17, 15) is 0 Å². The van der Waals surface area contributed by atoms with Crippen molar-refractivity contribution in [3.8, 4) is 11.4 Å². The summed E-state index contributed by atoms with van der Waals surface area (Å²) in [5.41, 5.74) is 4.82. The van der Waals surface area contributed by atoms with Crippen molar-refractivity contribution in [1.29, 1.82) is 0 Å². The third kappa shape index (κ3) is 3.76. The Bertz CT molecular complexity index is 867. The molecule has 0 amide bonds. The SMILES string of the molecule is Cc1ccc(Cl)cc1N1CCN(Cc2cnc(-c3ccccc3)[nH]2)CC1. The monoisotopic (exact) mass is 366 g/mol. The van der Waals surface area contributed by atoms with Gasteiger partial charge in [-0.2, -0.15) is 0 Å². The number of nitrogens with zero attached hydrogens (tertiary/aromatic N) is 3. The molecule has 4 nitrogen and oxygen atoms in total. The molecule has 1 N–H and O–H groups in total. The Kier molecular flexibility index (Phi) is 4.96. The van der Waals surface area contributed by atoms with Gasteiger partial charge in [0.1, 0.15) is 5.82 Å². The molecule has 0 spiro atoms. The smallest absolute Gasteiger partial charge is 0.137 e. The molecule has 0 bridgehead atoms. The van der Waals surface area contributed by atoms with Crippen molar-refractivity contribution in [2.45, 2.75) is 13.5 Å². The standard InChI is InChI=1S/C21H23ClN4/c1-16-7-8-18(22)13-20(16)26-11-9-25(10-12-26)15-19-14-23-21(24-19)17-5-3-2-4-6-17/h2-8,13-14H,9-12,15H2,1H3,(H,23,24). The molecule has 1 aliphatic rings. The number of aromatic amines is 1. The number of benzene rings is 2. The van der Waals surface area contributed by atoms with Crippen molar-refractivity contribution in [2.24, 2.45) is 0 Å². The minimum atomic E-state index is 0.805. The lowest BCUT2D eigenvalue weighted by atomic mass is 10.1. The second kappa shape index (κ2) is 7.52. The van der Waals surface area contributed by atoms with Gasteiger partial charge in [-0.1, -0.05) is 48.0 Å². The Morgan fingerprint density at radius 1 is 1.04 bits per heavy atom. The molecule has 0 radical (unpaired) electrons. The second-order valence-corrected chi connectivity index (χ2v) is 7.25. The highest BCUT2D eigenvalue weighted by Gasteiger charge is 2.19. The van der Waals surface area contributed by atoms with Crippen LogP contribution in [0.25, 0.3) is 11.4 Å². The molecule has 1 aromatic heterocycles. The molecular weight excluding hydrogens is 344 g/mol. The van der Waals surface area contributed by atoms with Gasteiger partial charge < -0.3 is 9.88 Å². The van der Waals surface area contributed by atoms with Crippen molar-refractivity contribution in [1.82, 2.24) is 14.9 Å². The highest BCUT2D eigenvalue weighted by molar-refractivity contribution is 6.30. The normalized spacial score (nSPS) is 15.4. The largest absolute Gasteiger partial charge is 0.369 e. The Labute approximate surface area is 159 Å². The Balaban J connectivity index is 1.37. The summed E-state index contributed by atoms with van der Waals surface area (Å²) in [6.07, 6.45) is 1.95. The molecule has 1 fully saturated rings. The fourth-order valence-electron chi connectivity index (χ4n) is 3.49. The summed E-state index contributed by atoms with van der Waals surface area (Å²) in [6, 6.07) is 16.4. The quantitative estimate of drug-likeness (QED) is 0.745. The number of hydrogen-bond acceptors (Lipinski definition) is 3. The lowest BCUT2D eigenvalue weighted by Crippen LogP contribution is -2.46. The maximum Gasteiger partial charge on any atom is 0.137 e. The van der Waals surface area contributed by atoms with Gasteiger partial charge in [-0.3, -0.25) is 4.90 Å². The first kappa shape index (κ1) is 17.1. The molecule has 5 heteroatoms. The van der Waals surface area contributed by atoms with Gasteiger partial charge in [0.05, 0.1) is 0 Å². The van der Waals surface area contributed by atoms with E-state index in [1.54, 1.807) is 0 Å². The van der Waals surface area contributed by atoms with Crippen molar-refractivity contribution >= 4 is 17.3 Å². The first-order chi connectivity index (χ1) is 12.7. The summed E-state index contributed by atoms with van der Waals surface area (Å²) in [7, 11) is 0. The highest BCUT2D eigenvalue weighted by Crippen LogP contribution is 2.25. The van der Waals surface area contributed by atoms with E-state index in [1.165, 1.54) is 11.3 Å². The van der Waals surface area contributed by atoms with Gasteiger partial charge in [-0.05, 0) is 24.6 Å². The number of piperazine rings is 1. The van der Waals surface area contributed by atoms with Crippen molar-refractivity contribution < 1.29 is 0 Å². The third-order valence-electron chi connectivity index (χ3n) is 4.95. The summed E-state index contributed by atoms with van der Waals surface area (Å²) in [5, 5.41) is 0.805. The number of rotatable bonds is 4. The van der Waals surface area contributed by atoms with Gasteiger partial charge in [-0.15, -0.1) is 0 Å². The molecule has 0 atom stereocenters. The van der Waals surface area contributed by atoms with Gasteiger partial charge >= 0.3 is 0 Å².